The molecule has 0 bridgehead atoms. The van der Waals surface area contributed by atoms with E-state index in [2.05, 4.69) is 17.0 Å². The predicted molar refractivity (Wildman–Crippen MR) is 50.3 cm³/mol. The molecule has 72 valence electrons. The molecule has 13 heavy (non-hydrogen) atoms. The van der Waals surface area contributed by atoms with Crippen LogP contribution in [0.3, 0.4) is 0 Å². The third kappa shape index (κ3) is 1.35. The molecular weight excluding hydrogens is 164 g/mol. The molecule has 1 aromatic heterocycles. The Morgan fingerprint density at radius 1 is 1.62 bits per heavy atom. The minimum atomic E-state index is 0.279. The van der Waals surface area contributed by atoms with E-state index >= 15 is 0 Å². The summed E-state index contributed by atoms with van der Waals surface area (Å²) in [6.07, 6.45) is 5.15. The Morgan fingerprint density at radius 2 is 2.38 bits per heavy atom. The van der Waals surface area contributed by atoms with E-state index in [9.17, 15) is 0 Å². The topological polar surface area (TPSA) is 56.7 Å². The standard InChI is InChI=1S/C9H16N4/c1-2-13-8(11-7-12-13)9(3-4-9)5-6-10/h7H,2-6,10H2,1H3. The van der Waals surface area contributed by atoms with Crippen LogP contribution in [0.25, 0.3) is 0 Å². The average Bonchev–Trinajstić information content (AvgIpc) is 2.77. The van der Waals surface area contributed by atoms with Crippen LogP contribution in [0.15, 0.2) is 6.33 Å². The lowest BCUT2D eigenvalue weighted by atomic mass is 10.0. The van der Waals surface area contributed by atoms with E-state index < -0.39 is 0 Å². The highest BCUT2D eigenvalue weighted by Gasteiger charge is 2.46. The number of rotatable bonds is 4. The highest BCUT2D eigenvalue weighted by molar-refractivity contribution is 5.17. The SMILES string of the molecule is CCn1ncnc1C1(CCN)CC1. The van der Waals surface area contributed by atoms with Gasteiger partial charge in [0.2, 0.25) is 0 Å². The second-order valence-electron chi connectivity index (χ2n) is 3.72. The van der Waals surface area contributed by atoms with E-state index in [4.69, 9.17) is 5.73 Å². The van der Waals surface area contributed by atoms with E-state index in [-0.39, 0.29) is 5.41 Å². The molecule has 2 rings (SSSR count). The molecule has 2 N–H and O–H groups in total. The van der Waals surface area contributed by atoms with Crippen molar-refractivity contribution in [1.29, 1.82) is 0 Å². The summed E-state index contributed by atoms with van der Waals surface area (Å²) in [6, 6.07) is 0. The van der Waals surface area contributed by atoms with E-state index in [1.807, 2.05) is 4.68 Å². The molecule has 1 aliphatic rings. The summed E-state index contributed by atoms with van der Waals surface area (Å²) in [5.74, 6) is 1.14. The van der Waals surface area contributed by atoms with Gasteiger partial charge >= 0.3 is 0 Å². The maximum absolute atomic E-state index is 5.59. The van der Waals surface area contributed by atoms with Gasteiger partial charge in [0.15, 0.2) is 0 Å². The summed E-state index contributed by atoms with van der Waals surface area (Å²) >= 11 is 0. The molecule has 0 saturated heterocycles. The van der Waals surface area contributed by atoms with Crippen LogP contribution in [0.1, 0.15) is 32.0 Å². The molecule has 1 saturated carbocycles. The molecule has 1 aliphatic carbocycles. The molecule has 0 unspecified atom stereocenters. The van der Waals surface area contributed by atoms with Gasteiger partial charge in [-0.2, -0.15) is 5.10 Å². The quantitative estimate of drug-likeness (QED) is 0.741. The van der Waals surface area contributed by atoms with Gasteiger partial charge in [0.25, 0.3) is 0 Å². The van der Waals surface area contributed by atoms with Gasteiger partial charge in [0, 0.05) is 12.0 Å². The lowest BCUT2D eigenvalue weighted by molar-refractivity contribution is 0.517. The smallest absolute Gasteiger partial charge is 0.138 e. The first-order valence-electron chi connectivity index (χ1n) is 4.91. The fourth-order valence-corrected chi connectivity index (χ4v) is 1.92. The van der Waals surface area contributed by atoms with Gasteiger partial charge < -0.3 is 5.73 Å². The molecule has 0 spiro atoms. The average molecular weight is 180 g/mol. The Kier molecular flexibility index (Phi) is 2.07. The summed E-state index contributed by atoms with van der Waals surface area (Å²) in [4.78, 5) is 4.34. The third-order valence-electron chi connectivity index (χ3n) is 2.87. The van der Waals surface area contributed by atoms with Crippen molar-refractivity contribution < 1.29 is 0 Å². The number of nitrogens with zero attached hydrogens (tertiary/aromatic N) is 3. The van der Waals surface area contributed by atoms with Crippen molar-refractivity contribution in [2.24, 2.45) is 5.73 Å². The Hall–Kier alpha value is -0.900. The molecule has 1 heterocycles. The van der Waals surface area contributed by atoms with Crippen LogP contribution in [-0.4, -0.2) is 21.3 Å². The third-order valence-corrected chi connectivity index (χ3v) is 2.87. The zero-order valence-electron chi connectivity index (χ0n) is 8.03. The van der Waals surface area contributed by atoms with E-state index in [0.29, 0.717) is 0 Å². The first kappa shape index (κ1) is 8.69. The van der Waals surface area contributed by atoms with Crippen LogP contribution in [-0.2, 0) is 12.0 Å². The minimum Gasteiger partial charge on any atom is -0.330 e. The summed E-state index contributed by atoms with van der Waals surface area (Å²) in [5, 5.41) is 4.19. The van der Waals surface area contributed by atoms with Crippen molar-refractivity contribution >= 4 is 0 Å². The summed E-state index contributed by atoms with van der Waals surface area (Å²) in [6.45, 7) is 3.74. The van der Waals surface area contributed by atoms with Crippen molar-refractivity contribution in [3.05, 3.63) is 12.2 Å². The Bertz CT molecular complexity index is 288. The van der Waals surface area contributed by atoms with Gasteiger partial charge in [0.05, 0.1) is 0 Å². The fraction of sp³-hybridized carbons (Fsp3) is 0.778. The second-order valence-corrected chi connectivity index (χ2v) is 3.72. The van der Waals surface area contributed by atoms with Gasteiger partial charge in [-0.3, -0.25) is 0 Å². The van der Waals surface area contributed by atoms with Crippen molar-refractivity contribution in [3.8, 4) is 0 Å². The molecule has 0 aliphatic heterocycles. The highest BCUT2D eigenvalue weighted by Crippen LogP contribution is 2.49. The molecule has 4 heteroatoms. The summed E-state index contributed by atoms with van der Waals surface area (Å²) in [7, 11) is 0. The Balaban J connectivity index is 2.24. The van der Waals surface area contributed by atoms with Gasteiger partial charge in [0.1, 0.15) is 12.2 Å². The number of aryl methyl sites for hydroxylation is 1. The maximum atomic E-state index is 5.59. The van der Waals surface area contributed by atoms with Gasteiger partial charge in [-0.05, 0) is 32.7 Å². The highest BCUT2D eigenvalue weighted by atomic mass is 15.3. The van der Waals surface area contributed by atoms with E-state index in [1.54, 1.807) is 6.33 Å². The molecule has 4 nitrogen and oxygen atoms in total. The molecular formula is C9H16N4. The largest absolute Gasteiger partial charge is 0.330 e. The zero-order chi connectivity index (χ0) is 9.31. The monoisotopic (exact) mass is 180 g/mol. The zero-order valence-corrected chi connectivity index (χ0v) is 8.03. The maximum Gasteiger partial charge on any atom is 0.138 e. The molecule has 1 aromatic rings. The van der Waals surface area contributed by atoms with E-state index in [1.165, 1.54) is 12.8 Å². The van der Waals surface area contributed by atoms with E-state index in [0.717, 1.165) is 25.3 Å². The number of hydrogen-bond acceptors (Lipinski definition) is 3. The molecule has 0 atom stereocenters. The van der Waals surface area contributed by atoms with Gasteiger partial charge in [-0.15, -0.1) is 0 Å². The number of hydrogen-bond donors (Lipinski definition) is 1. The molecule has 0 amide bonds. The number of nitrogens with two attached hydrogens (primary N) is 1. The molecule has 0 radical (unpaired) electrons. The number of aromatic nitrogens is 3. The van der Waals surface area contributed by atoms with Crippen LogP contribution in [0.2, 0.25) is 0 Å². The fourth-order valence-electron chi connectivity index (χ4n) is 1.92. The van der Waals surface area contributed by atoms with Crippen molar-refractivity contribution in [1.82, 2.24) is 14.8 Å². The van der Waals surface area contributed by atoms with Crippen LogP contribution < -0.4 is 5.73 Å². The predicted octanol–water partition coefficient (Wildman–Crippen LogP) is 0.678. The molecule has 1 fully saturated rings. The first-order chi connectivity index (χ1) is 6.32. The van der Waals surface area contributed by atoms with Crippen LogP contribution in [0.5, 0.6) is 0 Å². The van der Waals surface area contributed by atoms with Crippen LogP contribution in [0, 0.1) is 0 Å². The molecule has 0 aromatic carbocycles. The van der Waals surface area contributed by atoms with Crippen molar-refractivity contribution in [3.63, 3.8) is 0 Å². The first-order valence-corrected chi connectivity index (χ1v) is 4.91. The van der Waals surface area contributed by atoms with Crippen molar-refractivity contribution in [2.75, 3.05) is 6.54 Å². The van der Waals surface area contributed by atoms with Crippen LogP contribution >= 0.6 is 0 Å². The van der Waals surface area contributed by atoms with Gasteiger partial charge in [-0.1, -0.05) is 0 Å². The summed E-state index contributed by atoms with van der Waals surface area (Å²) in [5.41, 5.74) is 5.87. The summed E-state index contributed by atoms with van der Waals surface area (Å²) < 4.78 is 1.99. The minimum absolute atomic E-state index is 0.279. The van der Waals surface area contributed by atoms with Crippen LogP contribution in [0.4, 0.5) is 0 Å². The van der Waals surface area contributed by atoms with Crippen molar-refractivity contribution in [2.45, 2.75) is 38.1 Å². The Morgan fingerprint density at radius 3 is 2.92 bits per heavy atom. The lowest BCUT2D eigenvalue weighted by Gasteiger charge is -2.13. The normalized spacial score (nSPS) is 18.9. The van der Waals surface area contributed by atoms with Gasteiger partial charge in [-0.25, -0.2) is 9.67 Å². The lowest BCUT2D eigenvalue weighted by Crippen LogP contribution is -2.19. The Labute approximate surface area is 78.1 Å². The second kappa shape index (κ2) is 3.10.